The zero-order valence-corrected chi connectivity index (χ0v) is 10.6. The predicted octanol–water partition coefficient (Wildman–Crippen LogP) is 2.26. The third kappa shape index (κ3) is 1.57. The average Bonchev–Trinajstić information content (AvgIpc) is 2.38. The number of hydrogen-bond donors (Lipinski definition) is 2. The molecular formula is C14H16N4. The molecule has 1 aromatic heterocycles. The summed E-state index contributed by atoms with van der Waals surface area (Å²) in [4.78, 5) is 0. The van der Waals surface area contributed by atoms with Crippen LogP contribution in [0.1, 0.15) is 25.0 Å². The van der Waals surface area contributed by atoms with E-state index in [1.54, 1.807) is 0 Å². The molecule has 4 nitrogen and oxygen atoms in total. The van der Waals surface area contributed by atoms with E-state index in [4.69, 9.17) is 5.84 Å². The Morgan fingerprint density at radius 3 is 2.78 bits per heavy atom. The van der Waals surface area contributed by atoms with Crippen LogP contribution in [0.4, 0.5) is 5.82 Å². The molecule has 0 saturated heterocycles. The maximum absolute atomic E-state index is 5.39. The van der Waals surface area contributed by atoms with Crippen LogP contribution in [0.5, 0.6) is 0 Å². The van der Waals surface area contributed by atoms with E-state index >= 15 is 0 Å². The minimum atomic E-state index is 0.110. The Bertz CT molecular complexity index is 604. The normalized spacial score (nSPS) is 15.7. The molecule has 0 fully saturated rings. The highest BCUT2D eigenvalue weighted by atomic mass is 15.3. The van der Waals surface area contributed by atoms with Crippen molar-refractivity contribution in [2.24, 2.45) is 5.84 Å². The molecule has 0 saturated carbocycles. The van der Waals surface area contributed by atoms with Crippen molar-refractivity contribution in [3.05, 3.63) is 41.5 Å². The van der Waals surface area contributed by atoms with Crippen LogP contribution in [-0.4, -0.2) is 10.2 Å². The number of nitrogens with two attached hydrogens (primary N) is 1. The first-order valence-electron chi connectivity index (χ1n) is 6.05. The monoisotopic (exact) mass is 240 g/mol. The minimum absolute atomic E-state index is 0.110. The van der Waals surface area contributed by atoms with Crippen LogP contribution in [0.2, 0.25) is 0 Å². The Hall–Kier alpha value is -1.94. The van der Waals surface area contributed by atoms with Crippen molar-refractivity contribution in [3.63, 3.8) is 0 Å². The Morgan fingerprint density at radius 2 is 2.00 bits per heavy atom. The van der Waals surface area contributed by atoms with E-state index in [1.165, 1.54) is 16.7 Å². The van der Waals surface area contributed by atoms with Gasteiger partial charge in [-0.2, -0.15) is 0 Å². The summed E-state index contributed by atoms with van der Waals surface area (Å²) in [5.74, 6) is 6.01. The van der Waals surface area contributed by atoms with Gasteiger partial charge < -0.3 is 5.43 Å². The molecule has 1 aromatic carbocycles. The number of rotatable bonds is 1. The number of nitrogens with zero attached hydrogens (tertiary/aromatic N) is 2. The molecule has 0 unspecified atom stereocenters. The highest BCUT2D eigenvalue weighted by Crippen LogP contribution is 2.41. The molecule has 18 heavy (non-hydrogen) atoms. The summed E-state index contributed by atoms with van der Waals surface area (Å²) in [7, 11) is 0. The lowest BCUT2D eigenvalue weighted by Gasteiger charge is -2.33. The number of nitrogen functional groups attached to an aromatic ring is 1. The van der Waals surface area contributed by atoms with E-state index in [9.17, 15) is 0 Å². The maximum atomic E-state index is 5.39. The summed E-state index contributed by atoms with van der Waals surface area (Å²) in [6, 6.07) is 10.4. The van der Waals surface area contributed by atoms with Crippen molar-refractivity contribution in [2.75, 3.05) is 5.43 Å². The number of anilines is 1. The number of aromatic nitrogens is 2. The minimum Gasteiger partial charge on any atom is -0.307 e. The smallest absolute Gasteiger partial charge is 0.162 e. The lowest BCUT2D eigenvalue weighted by atomic mass is 9.72. The predicted molar refractivity (Wildman–Crippen MR) is 72.0 cm³/mol. The fraction of sp³-hybridized carbons (Fsp3) is 0.286. The molecule has 0 amide bonds. The van der Waals surface area contributed by atoms with Crippen molar-refractivity contribution in [3.8, 4) is 11.3 Å². The molecule has 92 valence electrons. The molecule has 1 aliphatic carbocycles. The van der Waals surface area contributed by atoms with Gasteiger partial charge in [0, 0.05) is 5.56 Å². The van der Waals surface area contributed by atoms with Gasteiger partial charge in [0.2, 0.25) is 0 Å². The SMILES string of the molecule is CC1(C)Cc2cc(NN)nnc2-c2ccccc21. The number of benzene rings is 1. The van der Waals surface area contributed by atoms with Gasteiger partial charge in [-0.1, -0.05) is 38.1 Å². The van der Waals surface area contributed by atoms with E-state index in [2.05, 4.69) is 47.7 Å². The standard InChI is InChI=1S/C14H16N4/c1-14(2)8-9-7-12(16-15)17-18-13(9)10-5-3-4-6-11(10)14/h3-7H,8,15H2,1-2H3,(H,16,17). The van der Waals surface area contributed by atoms with E-state index in [0.29, 0.717) is 5.82 Å². The molecule has 2 aromatic rings. The van der Waals surface area contributed by atoms with Gasteiger partial charge in [-0.05, 0) is 29.0 Å². The molecule has 4 heteroatoms. The van der Waals surface area contributed by atoms with Gasteiger partial charge in [-0.15, -0.1) is 10.2 Å². The largest absolute Gasteiger partial charge is 0.307 e. The number of fused-ring (bicyclic) bond motifs is 3. The van der Waals surface area contributed by atoms with Crippen LogP contribution >= 0.6 is 0 Å². The average molecular weight is 240 g/mol. The highest BCUT2D eigenvalue weighted by molar-refractivity contribution is 5.72. The third-order valence-corrected chi connectivity index (χ3v) is 3.56. The molecule has 0 atom stereocenters. The molecule has 0 bridgehead atoms. The van der Waals surface area contributed by atoms with Crippen molar-refractivity contribution in [1.82, 2.24) is 10.2 Å². The second-order valence-corrected chi connectivity index (χ2v) is 5.35. The molecule has 3 rings (SSSR count). The lowest BCUT2D eigenvalue weighted by molar-refractivity contribution is 0.514. The zero-order chi connectivity index (χ0) is 12.8. The molecule has 1 heterocycles. The Kier molecular flexibility index (Phi) is 2.35. The second-order valence-electron chi connectivity index (χ2n) is 5.35. The maximum Gasteiger partial charge on any atom is 0.162 e. The van der Waals surface area contributed by atoms with Gasteiger partial charge in [0.05, 0.1) is 5.69 Å². The fourth-order valence-electron chi connectivity index (χ4n) is 2.71. The molecule has 0 radical (unpaired) electrons. The first kappa shape index (κ1) is 11.2. The zero-order valence-electron chi connectivity index (χ0n) is 10.6. The fourth-order valence-corrected chi connectivity index (χ4v) is 2.71. The van der Waals surface area contributed by atoms with Gasteiger partial charge >= 0.3 is 0 Å². The van der Waals surface area contributed by atoms with Crippen molar-refractivity contribution in [1.29, 1.82) is 0 Å². The van der Waals surface area contributed by atoms with Crippen LogP contribution in [-0.2, 0) is 11.8 Å². The van der Waals surface area contributed by atoms with Crippen LogP contribution in [0.25, 0.3) is 11.3 Å². The van der Waals surface area contributed by atoms with Gasteiger partial charge in [-0.3, -0.25) is 0 Å². The van der Waals surface area contributed by atoms with E-state index in [0.717, 1.165) is 12.1 Å². The van der Waals surface area contributed by atoms with Crippen LogP contribution in [0.15, 0.2) is 30.3 Å². The van der Waals surface area contributed by atoms with Gasteiger partial charge in [0.1, 0.15) is 0 Å². The first-order valence-corrected chi connectivity index (χ1v) is 6.05. The summed E-state index contributed by atoms with van der Waals surface area (Å²) in [6.45, 7) is 4.51. The van der Waals surface area contributed by atoms with Crippen molar-refractivity contribution < 1.29 is 0 Å². The number of hydrazine groups is 1. The van der Waals surface area contributed by atoms with Gasteiger partial charge in [0.25, 0.3) is 0 Å². The van der Waals surface area contributed by atoms with E-state index in [1.807, 2.05) is 12.1 Å². The topological polar surface area (TPSA) is 63.8 Å². The van der Waals surface area contributed by atoms with Crippen molar-refractivity contribution in [2.45, 2.75) is 25.7 Å². The highest BCUT2D eigenvalue weighted by Gasteiger charge is 2.31. The van der Waals surface area contributed by atoms with Gasteiger partial charge in [0.15, 0.2) is 5.82 Å². The first-order chi connectivity index (χ1) is 8.62. The van der Waals surface area contributed by atoms with Crippen molar-refractivity contribution >= 4 is 5.82 Å². The van der Waals surface area contributed by atoms with Crippen LogP contribution < -0.4 is 11.3 Å². The Morgan fingerprint density at radius 1 is 1.22 bits per heavy atom. The molecule has 0 aliphatic heterocycles. The second kappa shape index (κ2) is 3.78. The quantitative estimate of drug-likeness (QED) is 0.593. The molecule has 3 N–H and O–H groups in total. The third-order valence-electron chi connectivity index (χ3n) is 3.56. The molecule has 0 spiro atoms. The summed E-state index contributed by atoms with van der Waals surface area (Å²) in [6.07, 6.45) is 0.948. The lowest BCUT2D eigenvalue weighted by Crippen LogP contribution is -2.26. The number of hydrogen-bond acceptors (Lipinski definition) is 4. The van der Waals surface area contributed by atoms with Crippen LogP contribution in [0.3, 0.4) is 0 Å². The Balaban J connectivity index is 2.25. The summed E-state index contributed by atoms with van der Waals surface area (Å²) >= 11 is 0. The van der Waals surface area contributed by atoms with E-state index < -0.39 is 0 Å². The molecular weight excluding hydrogens is 224 g/mol. The summed E-state index contributed by atoms with van der Waals surface area (Å²) in [5.41, 5.74) is 7.35. The number of nitrogens with one attached hydrogen (secondary N) is 1. The van der Waals surface area contributed by atoms with Crippen LogP contribution in [0, 0.1) is 0 Å². The van der Waals surface area contributed by atoms with Gasteiger partial charge in [-0.25, -0.2) is 5.84 Å². The summed E-state index contributed by atoms with van der Waals surface area (Å²) < 4.78 is 0. The molecule has 1 aliphatic rings. The summed E-state index contributed by atoms with van der Waals surface area (Å²) in [5, 5.41) is 8.38. The Labute approximate surface area is 106 Å². The van der Waals surface area contributed by atoms with E-state index in [-0.39, 0.29) is 5.41 Å².